The Hall–Kier alpha value is -3.39. The van der Waals surface area contributed by atoms with E-state index >= 15 is 0 Å². The minimum Gasteiger partial charge on any atom is -0.473 e. The molecule has 0 saturated carbocycles. The summed E-state index contributed by atoms with van der Waals surface area (Å²) in [6.45, 7) is 0. The van der Waals surface area contributed by atoms with Crippen molar-refractivity contribution in [3.63, 3.8) is 0 Å². The molecule has 0 fully saturated rings. The van der Waals surface area contributed by atoms with Gasteiger partial charge in [0.2, 0.25) is 0 Å². The SMILES string of the molecule is N#Cc1cnccnccccccocccccc[nH]1. The number of H-pyrrole nitrogens is 1. The number of nitrogens with one attached hydrogen (secondary N) is 1. The van der Waals surface area contributed by atoms with E-state index in [9.17, 15) is 0 Å². The van der Waals surface area contributed by atoms with E-state index < -0.39 is 0 Å². The van der Waals surface area contributed by atoms with E-state index in [1.165, 1.54) is 18.6 Å². The Kier molecular flexibility index (Phi) is 9.57. The largest absolute Gasteiger partial charge is 0.473 e. The van der Waals surface area contributed by atoms with E-state index in [-0.39, 0.29) is 0 Å². The summed E-state index contributed by atoms with van der Waals surface area (Å²) in [4.78, 5) is 10.7. The van der Waals surface area contributed by atoms with Gasteiger partial charge in [0.05, 0.1) is 18.7 Å². The van der Waals surface area contributed by atoms with Crippen LogP contribution in [0.15, 0.2) is 96.5 Å². The third kappa shape index (κ3) is 9.53. The second kappa shape index (κ2) is 12.6. The molecule has 5 heteroatoms. The molecule has 1 aromatic rings. The second-order valence-electron chi connectivity index (χ2n) is 3.66. The molecule has 0 radical (unpaired) electrons. The first-order valence-corrected chi connectivity index (χ1v) is 6.47. The van der Waals surface area contributed by atoms with Crippen molar-refractivity contribution in [1.82, 2.24) is 15.0 Å². The van der Waals surface area contributed by atoms with E-state index in [1.54, 1.807) is 61.3 Å². The Morgan fingerprint density at radius 2 is 1.50 bits per heavy atom. The highest BCUT2D eigenvalue weighted by molar-refractivity contribution is 5.12. The molecular formula is C17H16N4O. The molecule has 0 saturated heterocycles. The Bertz CT molecular complexity index is 647. The molecule has 0 aromatic carbocycles. The van der Waals surface area contributed by atoms with E-state index in [1.807, 2.05) is 18.2 Å². The highest BCUT2D eigenvalue weighted by Crippen LogP contribution is 1.81. The summed E-state index contributed by atoms with van der Waals surface area (Å²) in [6, 6.07) is 16.3. The van der Waals surface area contributed by atoms with E-state index in [2.05, 4.69) is 15.0 Å². The van der Waals surface area contributed by atoms with Crippen LogP contribution in [-0.4, -0.2) is 15.0 Å². The lowest BCUT2D eigenvalue weighted by Crippen LogP contribution is -1.75. The number of hydrogen-bond acceptors (Lipinski definition) is 4. The van der Waals surface area contributed by atoms with Crippen LogP contribution in [0.25, 0.3) is 0 Å². The van der Waals surface area contributed by atoms with Gasteiger partial charge in [-0.1, -0.05) is 24.3 Å². The summed E-state index contributed by atoms with van der Waals surface area (Å²) in [5.41, 5.74) is 0.325. The highest BCUT2D eigenvalue weighted by atomic mass is 16.3. The molecule has 110 valence electrons. The van der Waals surface area contributed by atoms with Crippen LogP contribution in [0.2, 0.25) is 0 Å². The molecule has 1 aromatic heterocycles. The molecule has 0 atom stereocenters. The molecule has 0 spiro atoms. The molecule has 1 N–H and O–H groups in total. The second-order valence-corrected chi connectivity index (χ2v) is 3.66. The first-order valence-electron chi connectivity index (χ1n) is 6.47. The first kappa shape index (κ1) is 16.7. The van der Waals surface area contributed by atoms with Crippen molar-refractivity contribution in [3.8, 4) is 6.07 Å². The number of nitriles is 1. The molecule has 1 heterocycles. The number of aromatic amines is 1. The zero-order chi connectivity index (χ0) is 15.7. The standard InChI is InChI=1S/C17H16N4O/c18-15-17-16-20-12-11-19-9-5-1-3-7-13-22-14-8-4-2-6-10-21-17/h1-14,16,21H. The quantitative estimate of drug-likeness (QED) is 0.789. The van der Waals surface area contributed by atoms with E-state index in [0.29, 0.717) is 5.69 Å². The van der Waals surface area contributed by atoms with Crippen molar-refractivity contribution >= 4 is 0 Å². The minimum atomic E-state index is 0.325. The van der Waals surface area contributed by atoms with Gasteiger partial charge >= 0.3 is 0 Å². The molecule has 0 aliphatic carbocycles. The fraction of sp³-hybridized carbons (Fsp3) is 0. The van der Waals surface area contributed by atoms with Crippen molar-refractivity contribution in [2.24, 2.45) is 0 Å². The Balaban J connectivity index is 3.18. The molecule has 5 nitrogen and oxygen atoms in total. The lowest BCUT2D eigenvalue weighted by Gasteiger charge is -1.78. The maximum atomic E-state index is 8.91. The predicted molar refractivity (Wildman–Crippen MR) is 83.9 cm³/mol. The topological polar surface area (TPSA) is 78.5 Å². The number of hydrogen-bond donors (Lipinski definition) is 1. The summed E-state index contributed by atoms with van der Waals surface area (Å²) in [5, 5.41) is 8.91. The van der Waals surface area contributed by atoms with Gasteiger partial charge in [-0.25, -0.2) is 0 Å². The zero-order valence-electron chi connectivity index (χ0n) is 11.9. The van der Waals surface area contributed by atoms with E-state index in [4.69, 9.17) is 9.68 Å². The van der Waals surface area contributed by atoms with E-state index in [0.717, 1.165) is 0 Å². The fourth-order valence-electron chi connectivity index (χ4n) is 1.12. The van der Waals surface area contributed by atoms with Crippen LogP contribution >= 0.6 is 0 Å². The molecule has 0 amide bonds. The summed E-state index contributed by atoms with van der Waals surface area (Å²) < 4.78 is 5.12. The summed E-state index contributed by atoms with van der Waals surface area (Å²) in [6.07, 6.45) is 10.8. The minimum absolute atomic E-state index is 0.325. The van der Waals surface area contributed by atoms with Gasteiger partial charge < -0.3 is 9.40 Å². The number of nitrogens with zero attached hydrogens (tertiary/aromatic N) is 3. The molecule has 0 aliphatic rings. The summed E-state index contributed by atoms with van der Waals surface area (Å²) >= 11 is 0. The summed E-state index contributed by atoms with van der Waals surface area (Å²) in [5.74, 6) is 0. The van der Waals surface area contributed by atoms with Crippen LogP contribution in [0.5, 0.6) is 0 Å². The molecule has 1 rings (SSSR count). The highest BCUT2D eigenvalue weighted by Gasteiger charge is 1.77. The molecule has 0 bridgehead atoms. The summed E-state index contributed by atoms with van der Waals surface area (Å²) in [7, 11) is 0. The van der Waals surface area contributed by atoms with Gasteiger partial charge in [-0.05, 0) is 24.3 Å². The normalized spacial score (nSPS) is 7.95. The van der Waals surface area contributed by atoms with Gasteiger partial charge in [-0.3, -0.25) is 9.97 Å². The Labute approximate surface area is 129 Å². The van der Waals surface area contributed by atoms with Crippen LogP contribution in [0.4, 0.5) is 0 Å². The fourth-order valence-corrected chi connectivity index (χ4v) is 1.12. The lowest BCUT2D eigenvalue weighted by atomic mass is 10.5. The third-order valence-electron chi connectivity index (χ3n) is 2.05. The van der Waals surface area contributed by atoms with Gasteiger partial charge in [0, 0.05) is 24.8 Å². The van der Waals surface area contributed by atoms with Crippen LogP contribution < -0.4 is 0 Å². The first-order chi connectivity index (χ1) is 10.9. The Morgan fingerprint density at radius 3 is 2.27 bits per heavy atom. The van der Waals surface area contributed by atoms with Crippen molar-refractivity contribution < 1.29 is 4.42 Å². The van der Waals surface area contributed by atoms with Gasteiger partial charge in [0.25, 0.3) is 0 Å². The van der Waals surface area contributed by atoms with Gasteiger partial charge in [0.1, 0.15) is 11.8 Å². The number of aromatic nitrogens is 3. The van der Waals surface area contributed by atoms with Gasteiger partial charge in [-0.15, -0.1) is 0 Å². The van der Waals surface area contributed by atoms with Crippen LogP contribution in [0.3, 0.4) is 0 Å². The van der Waals surface area contributed by atoms with Crippen molar-refractivity contribution in [2.45, 2.75) is 0 Å². The lowest BCUT2D eigenvalue weighted by molar-refractivity contribution is 0.554. The van der Waals surface area contributed by atoms with Crippen LogP contribution in [0.1, 0.15) is 5.69 Å². The zero-order valence-corrected chi connectivity index (χ0v) is 11.9. The molecule has 22 heavy (non-hydrogen) atoms. The molecular weight excluding hydrogens is 276 g/mol. The van der Waals surface area contributed by atoms with Gasteiger partial charge in [-0.2, -0.15) is 5.26 Å². The van der Waals surface area contributed by atoms with Crippen molar-refractivity contribution in [2.75, 3.05) is 0 Å². The van der Waals surface area contributed by atoms with Gasteiger partial charge in [0.15, 0.2) is 0 Å². The maximum Gasteiger partial charge on any atom is 0.136 e. The Morgan fingerprint density at radius 1 is 0.818 bits per heavy atom. The smallest absolute Gasteiger partial charge is 0.136 e. The van der Waals surface area contributed by atoms with Crippen LogP contribution in [0, 0.1) is 11.3 Å². The van der Waals surface area contributed by atoms with Crippen molar-refractivity contribution in [3.05, 3.63) is 97.7 Å². The molecule has 0 aliphatic heterocycles. The third-order valence-corrected chi connectivity index (χ3v) is 2.05. The number of rotatable bonds is 0. The van der Waals surface area contributed by atoms with Crippen LogP contribution in [-0.2, 0) is 0 Å². The average Bonchev–Trinajstić information content (AvgIpc) is 2.54. The monoisotopic (exact) mass is 292 g/mol. The predicted octanol–water partition coefficient (Wildman–Crippen LogP) is 3.77. The van der Waals surface area contributed by atoms with Crippen molar-refractivity contribution in [1.29, 1.82) is 5.26 Å². The molecule has 0 unspecified atom stereocenters. The maximum absolute atomic E-state index is 8.91. The average molecular weight is 292 g/mol.